The number of carbonyl (C=O) groups is 1. The summed E-state index contributed by atoms with van der Waals surface area (Å²) in [6.07, 6.45) is 2.14. The number of aromatic nitrogens is 2. The van der Waals surface area contributed by atoms with E-state index in [0.717, 1.165) is 12.8 Å². The fourth-order valence-electron chi connectivity index (χ4n) is 2.88. The van der Waals surface area contributed by atoms with Crippen molar-refractivity contribution < 1.29 is 13.7 Å². The van der Waals surface area contributed by atoms with E-state index < -0.39 is 5.67 Å². The molecule has 1 saturated heterocycles. The van der Waals surface area contributed by atoms with Crippen LogP contribution >= 0.6 is 23.2 Å². The van der Waals surface area contributed by atoms with E-state index in [1.54, 1.807) is 12.1 Å². The molecular formula is C16H14Cl2FN3O2. The van der Waals surface area contributed by atoms with Gasteiger partial charge >= 0.3 is 0 Å². The Morgan fingerprint density at radius 1 is 1.38 bits per heavy atom. The van der Waals surface area contributed by atoms with Crippen LogP contribution in [0.5, 0.6) is 0 Å². The van der Waals surface area contributed by atoms with Gasteiger partial charge < -0.3 is 9.42 Å². The topological polar surface area (TPSA) is 59.2 Å². The molecule has 1 aliphatic heterocycles. The Morgan fingerprint density at radius 3 is 2.88 bits per heavy atom. The highest BCUT2D eigenvalue weighted by atomic mass is 35.5. The number of hydrogen-bond donors (Lipinski definition) is 0. The highest BCUT2D eigenvalue weighted by Crippen LogP contribution is 2.41. The first-order valence-corrected chi connectivity index (χ1v) is 8.49. The van der Waals surface area contributed by atoms with Crippen molar-refractivity contribution in [2.24, 2.45) is 0 Å². The zero-order valence-corrected chi connectivity index (χ0v) is 14.1. The maximum Gasteiger partial charge on any atom is 0.266 e. The summed E-state index contributed by atoms with van der Waals surface area (Å²) >= 11 is 11.9. The van der Waals surface area contributed by atoms with Crippen LogP contribution in [-0.4, -0.2) is 34.0 Å². The van der Waals surface area contributed by atoms with Crippen LogP contribution in [0.3, 0.4) is 0 Å². The maximum atomic E-state index is 15.2. The van der Waals surface area contributed by atoms with E-state index in [1.165, 1.54) is 11.0 Å². The number of carbonyl (C=O) groups excluding carboxylic acids is 1. The Hall–Kier alpha value is -1.66. The quantitative estimate of drug-likeness (QED) is 0.821. The summed E-state index contributed by atoms with van der Waals surface area (Å²) in [5, 5.41) is 4.54. The molecule has 2 aliphatic rings. The molecule has 0 spiro atoms. The first-order valence-electron chi connectivity index (χ1n) is 7.73. The molecule has 0 N–H and O–H groups in total. The van der Waals surface area contributed by atoms with Gasteiger partial charge in [0.2, 0.25) is 5.67 Å². The van der Waals surface area contributed by atoms with Gasteiger partial charge in [-0.1, -0.05) is 28.4 Å². The van der Waals surface area contributed by atoms with Crippen LogP contribution in [0, 0.1) is 0 Å². The third-order valence-corrected chi connectivity index (χ3v) is 4.98. The van der Waals surface area contributed by atoms with Crippen molar-refractivity contribution in [2.45, 2.75) is 30.8 Å². The molecule has 1 unspecified atom stereocenters. The zero-order chi connectivity index (χ0) is 16.9. The van der Waals surface area contributed by atoms with E-state index in [0.29, 0.717) is 16.4 Å². The van der Waals surface area contributed by atoms with E-state index in [2.05, 4.69) is 10.1 Å². The number of likely N-dealkylation sites (tertiary alicyclic amines) is 1. The van der Waals surface area contributed by atoms with Crippen molar-refractivity contribution in [1.29, 1.82) is 0 Å². The van der Waals surface area contributed by atoms with Crippen LogP contribution in [0.4, 0.5) is 4.39 Å². The van der Waals surface area contributed by atoms with E-state index in [1.807, 2.05) is 0 Å². The summed E-state index contributed by atoms with van der Waals surface area (Å²) < 4.78 is 20.3. The van der Waals surface area contributed by atoms with Crippen LogP contribution in [0.25, 0.3) is 0 Å². The minimum atomic E-state index is -1.81. The van der Waals surface area contributed by atoms with Gasteiger partial charge in [-0.2, -0.15) is 4.98 Å². The zero-order valence-electron chi connectivity index (χ0n) is 12.6. The number of nitrogens with zero attached hydrogens (tertiary/aromatic N) is 3. The molecule has 8 heteroatoms. The SMILES string of the molecule is O=C(c1ccc(Cl)cc1Cl)N1CCC(F)(c2nc(C3CC3)no2)C1. The monoisotopic (exact) mass is 369 g/mol. The lowest BCUT2D eigenvalue weighted by Crippen LogP contribution is -2.32. The predicted octanol–water partition coefficient (Wildman–Crippen LogP) is 3.96. The third kappa shape index (κ3) is 2.78. The molecule has 0 radical (unpaired) electrons. The first-order chi connectivity index (χ1) is 11.5. The van der Waals surface area contributed by atoms with Gasteiger partial charge in [0.1, 0.15) is 0 Å². The Balaban J connectivity index is 1.53. The third-order valence-electron chi connectivity index (χ3n) is 4.44. The van der Waals surface area contributed by atoms with Gasteiger partial charge in [0.15, 0.2) is 5.82 Å². The van der Waals surface area contributed by atoms with Crippen LogP contribution in [0.15, 0.2) is 22.7 Å². The largest absolute Gasteiger partial charge is 0.336 e. The molecule has 1 aliphatic carbocycles. The summed E-state index contributed by atoms with van der Waals surface area (Å²) in [5.74, 6) is 0.477. The minimum absolute atomic E-state index is 0.0399. The van der Waals surface area contributed by atoms with Crippen LogP contribution in [0.2, 0.25) is 10.0 Å². The second-order valence-corrected chi connectivity index (χ2v) is 7.14. The standard InChI is InChI=1S/C16H14Cl2FN3O2/c17-10-3-4-11(12(18)7-10)14(23)22-6-5-16(19,8-22)15-20-13(21-24-15)9-1-2-9/h3-4,7,9H,1-2,5-6,8H2. The molecule has 24 heavy (non-hydrogen) atoms. The molecule has 1 aromatic heterocycles. The average molecular weight is 370 g/mol. The van der Waals surface area contributed by atoms with Gasteiger partial charge in [-0.05, 0) is 31.0 Å². The van der Waals surface area contributed by atoms with Crippen molar-refractivity contribution in [3.05, 3.63) is 45.5 Å². The van der Waals surface area contributed by atoms with E-state index in [9.17, 15) is 4.79 Å². The highest BCUT2D eigenvalue weighted by Gasteiger charge is 2.47. The lowest BCUT2D eigenvalue weighted by Gasteiger charge is -2.18. The van der Waals surface area contributed by atoms with Gasteiger partial charge in [0, 0.05) is 23.9 Å². The van der Waals surface area contributed by atoms with Gasteiger partial charge in [0.05, 0.1) is 17.1 Å². The molecule has 2 fully saturated rings. The van der Waals surface area contributed by atoms with Crippen molar-refractivity contribution in [2.75, 3.05) is 13.1 Å². The van der Waals surface area contributed by atoms with Crippen LogP contribution < -0.4 is 0 Å². The molecule has 1 amide bonds. The fourth-order valence-corrected chi connectivity index (χ4v) is 3.37. The molecule has 1 aromatic carbocycles. The Bertz CT molecular complexity index is 808. The maximum absolute atomic E-state index is 15.2. The van der Waals surface area contributed by atoms with Crippen molar-refractivity contribution in [3.63, 3.8) is 0 Å². The lowest BCUT2D eigenvalue weighted by molar-refractivity contribution is 0.0717. The molecule has 5 nitrogen and oxygen atoms in total. The number of amides is 1. The molecule has 0 bridgehead atoms. The summed E-state index contributed by atoms with van der Waals surface area (Å²) in [4.78, 5) is 18.2. The normalized spacial score (nSPS) is 23.7. The number of halogens is 3. The molecule has 1 atom stereocenters. The van der Waals surface area contributed by atoms with Crippen LogP contribution in [-0.2, 0) is 5.67 Å². The van der Waals surface area contributed by atoms with Gasteiger partial charge in [-0.25, -0.2) is 4.39 Å². The lowest BCUT2D eigenvalue weighted by atomic mass is 10.1. The number of alkyl halides is 1. The predicted molar refractivity (Wildman–Crippen MR) is 86.0 cm³/mol. The molecule has 4 rings (SSSR count). The number of hydrogen-bond acceptors (Lipinski definition) is 4. The smallest absolute Gasteiger partial charge is 0.266 e. The fraction of sp³-hybridized carbons (Fsp3) is 0.438. The minimum Gasteiger partial charge on any atom is -0.336 e. The summed E-state index contributed by atoms with van der Waals surface area (Å²) in [6, 6.07) is 4.62. The molecule has 1 saturated carbocycles. The summed E-state index contributed by atoms with van der Waals surface area (Å²) in [7, 11) is 0. The Kier molecular flexibility index (Phi) is 3.77. The van der Waals surface area contributed by atoms with Gasteiger partial charge in [-0.15, -0.1) is 0 Å². The van der Waals surface area contributed by atoms with E-state index in [4.69, 9.17) is 27.7 Å². The Morgan fingerprint density at radius 2 is 2.17 bits per heavy atom. The molecule has 2 heterocycles. The van der Waals surface area contributed by atoms with E-state index in [-0.39, 0.29) is 42.2 Å². The van der Waals surface area contributed by atoms with Gasteiger partial charge in [0.25, 0.3) is 11.8 Å². The van der Waals surface area contributed by atoms with Crippen molar-refractivity contribution >= 4 is 29.1 Å². The molecule has 2 aromatic rings. The van der Waals surface area contributed by atoms with Crippen LogP contribution in [0.1, 0.15) is 47.3 Å². The first kappa shape index (κ1) is 15.8. The number of benzene rings is 1. The molecular weight excluding hydrogens is 356 g/mol. The Labute approximate surface area is 147 Å². The van der Waals surface area contributed by atoms with Crippen molar-refractivity contribution in [3.8, 4) is 0 Å². The molecule has 126 valence electrons. The summed E-state index contributed by atoms with van der Waals surface area (Å²) in [5.41, 5.74) is -1.51. The van der Waals surface area contributed by atoms with Gasteiger partial charge in [-0.3, -0.25) is 4.79 Å². The van der Waals surface area contributed by atoms with Crippen molar-refractivity contribution in [1.82, 2.24) is 15.0 Å². The highest BCUT2D eigenvalue weighted by molar-refractivity contribution is 6.36. The summed E-state index contributed by atoms with van der Waals surface area (Å²) in [6.45, 7) is 0.131. The average Bonchev–Trinajstić information content (AvgIpc) is 3.12. The van der Waals surface area contributed by atoms with E-state index >= 15 is 4.39 Å². The number of rotatable bonds is 3. The second kappa shape index (κ2) is 5.70. The second-order valence-electron chi connectivity index (χ2n) is 6.30.